The number of anilines is 3. The molecule has 8 heteroatoms. The number of ether oxygens (including phenoxy) is 1. The summed E-state index contributed by atoms with van der Waals surface area (Å²) in [4.78, 5) is 12.0. The zero-order valence-electron chi connectivity index (χ0n) is 12.6. The number of carbonyl (C=O) groups excluding carboxylic acids is 1. The Morgan fingerprint density at radius 1 is 1.12 bits per heavy atom. The van der Waals surface area contributed by atoms with Crippen LogP contribution in [0.1, 0.15) is 10.7 Å². The number of halogens is 1. The molecule has 3 aromatic rings. The SMILES string of the molecule is COc1cc(Nc2nnc(C(=O)Nc3ccccc3)o2)ccc1F. The molecule has 0 aliphatic rings. The smallest absolute Gasteiger partial charge is 0.320 e. The quantitative estimate of drug-likeness (QED) is 0.747. The van der Waals surface area contributed by atoms with Gasteiger partial charge in [-0.1, -0.05) is 23.3 Å². The van der Waals surface area contributed by atoms with Crippen LogP contribution in [-0.2, 0) is 0 Å². The highest BCUT2D eigenvalue weighted by Crippen LogP contribution is 2.24. The van der Waals surface area contributed by atoms with Crippen LogP contribution in [0.3, 0.4) is 0 Å². The molecule has 2 N–H and O–H groups in total. The Morgan fingerprint density at radius 2 is 1.92 bits per heavy atom. The average Bonchev–Trinajstić information content (AvgIpc) is 3.06. The first kappa shape index (κ1) is 15.5. The topological polar surface area (TPSA) is 89.3 Å². The Balaban J connectivity index is 1.70. The van der Waals surface area contributed by atoms with Gasteiger partial charge < -0.3 is 19.8 Å². The van der Waals surface area contributed by atoms with E-state index >= 15 is 0 Å². The monoisotopic (exact) mass is 328 g/mol. The Morgan fingerprint density at radius 3 is 2.67 bits per heavy atom. The van der Waals surface area contributed by atoms with E-state index < -0.39 is 11.7 Å². The van der Waals surface area contributed by atoms with Crippen molar-refractivity contribution < 1.29 is 18.3 Å². The van der Waals surface area contributed by atoms with Crippen LogP contribution in [0.2, 0.25) is 0 Å². The summed E-state index contributed by atoms with van der Waals surface area (Å²) in [6.07, 6.45) is 0. The van der Waals surface area contributed by atoms with Gasteiger partial charge in [-0.25, -0.2) is 4.39 Å². The van der Waals surface area contributed by atoms with Gasteiger partial charge in [-0.15, -0.1) is 5.10 Å². The number of hydrogen-bond donors (Lipinski definition) is 2. The lowest BCUT2D eigenvalue weighted by molar-refractivity contribution is 0.0991. The van der Waals surface area contributed by atoms with Crippen LogP contribution in [0.25, 0.3) is 0 Å². The van der Waals surface area contributed by atoms with Crippen LogP contribution in [0, 0.1) is 5.82 Å². The lowest BCUT2D eigenvalue weighted by Crippen LogP contribution is -2.12. The standard InChI is InChI=1S/C16H13FN4O3/c1-23-13-9-11(7-8-12(13)17)19-16-21-20-15(24-16)14(22)18-10-5-3-2-4-6-10/h2-9H,1H3,(H,18,22)(H,19,21). The molecule has 1 aromatic heterocycles. The fraction of sp³-hybridized carbons (Fsp3) is 0.0625. The third kappa shape index (κ3) is 3.49. The molecule has 0 atom stereocenters. The number of methoxy groups -OCH3 is 1. The van der Waals surface area contributed by atoms with Crippen molar-refractivity contribution >= 4 is 23.3 Å². The number of nitrogens with one attached hydrogen (secondary N) is 2. The molecule has 0 aliphatic heterocycles. The number of amides is 1. The van der Waals surface area contributed by atoms with Crippen molar-refractivity contribution in [2.24, 2.45) is 0 Å². The third-order valence-electron chi connectivity index (χ3n) is 3.05. The fourth-order valence-corrected chi connectivity index (χ4v) is 1.93. The van der Waals surface area contributed by atoms with E-state index in [2.05, 4.69) is 20.8 Å². The highest BCUT2D eigenvalue weighted by atomic mass is 19.1. The van der Waals surface area contributed by atoms with Gasteiger partial charge in [0.2, 0.25) is 0 Å². The van der Waals surface area contributed by atoms with Crippen molar-refractivity contribution in [2.45, 2.75) is 0 Å². The summed E-state index contributed by atoms with van der Waals surface area (Å²) in [6.45, 7) is 0. The first-order chi connectivity index (χ1) is 11.7. The molecule has 0 spiro atoms. The van der Waals surface area contributed by atoms with E-state index in [1.807, 2.05) is 6.07 Å². The van der Waals surface area contributed by atoms with Crippen LogP contribution in [-0.4, -0.2) is 23.2 Å². The molecule has 0 saturated heterocycles. The Bertz CT molecular complexity index is 852. The number of benzene rings is 2. The zero-order valence-corrected chi connectivity index (χ0v) is 12.6. The Hall–Kier alpha value is -3.42. The van der Waals surface area contributed by atoms with Gasteiger partial charge in [-0.2, -0.15) is 0 Å². The number of rotatable bonds is 5. The van der Waals surface area contributed by atoms with Crippen LogP contribution in [0.15, 0.2) is 52.9 Å². The molecule has 0 unspecified atom stereocenters. The summed E-state index contributed by atoms with van der Waals surface area (Å²) in [7, 11) is 1.36. The second kappa shape index (κ2) is 6.78. The Kier molecular flexibility index (Phi) is 4.37. The van der Waals surface area contributed by atoms with Crippen molar-refractivity contribution in [1.29, 1.82) is 0 Å². The van der Waals surface area contributed by atoms with E-state index in [0.29, 0.717) is 11.4 Å². The van der Waals surface area contributed by atoms with E-state index in [4.69, 9.17) is 9.15 Å². The summed E-state index contributed by atoms with van der Waals surface area (Å²) in [5.74, 6) is -1.15. The van der Waals surface area contributed by atoms with Gasteiger partial charge in [0.05, 0.1) is 7.11 Å². The van der Waals surface area contributed by atoms with Gasteiger partial charge in [0.1, 0.15) is 0 Å². The highest BCUT2D eigenvalue weighted by molar-refractivity contribution is 6.00. The number of para-hydroxylation sites is 1. The van der Waals surface area contributed by atoms with Crippen LogP contribution in [0.5, 0.6) is 5.75 Å². The minimum atomic E-state index is -0.529. The normalized spacial score (nSPS) is 10.2. The first-order valence-corrected chi connectivity index (χ1v) is 6.96. The number of aromatic nitrogens is 2. The highest BCUT2D eigenvalue weighted by Gasteiger charge is 2.15. The van der Waals surface area contributed by atoms with Crippen LogP contribution < -0.4 is 15.4 Å². The lowest BCUT2D eigenvalue weighted by atomic mass is 10.3. The molecule has 1 heterocycles. The van der Waals surface area contributed by atoms with Gasteiger partial charge in [0.15, 0.2) is 11.6 Å². The second-order valence-electron chi connectivity index (χ2n) is 4.71. The summed E-state index contributed by atoms with van der Waals surface area (Å²) < 4.78 is 23.5. The van der Waals surface area contributed by atoms with Crippen LogP contribution in [0.4, 0.5) is 21.8 Å². The van der Waals surface area contributed by atoms with E-state index in [1.165, 1.54) is 25.3 Å². The third-order valence-corrected chi connectivity index (χ3v) is 3.05. The van der Waals surface area contributed by atoms with E-state index in [-0.39, 0.29) is 17.7 Å². The molecule has 0 bridgehead atoms. The Labute approximate surface area is 136 Å². The summed E-state index contributed by atoms with van der Waals surface area (Å²) in [6, 6.07) is 13.0. The number of carbonyl (C=O) groups is 1. The second-order valence-corrected chi connectivity index (χ2v) is 4.71. The maximum Gasteiger partial charge on any atom is 0.320 e. The zero-order chi connectivity index (χ0) is 16.9. The molecule has 0 radical (unpaired) electrons. The molecular weight excluding hydrogens is 315 g/mol. The van der Waals surface area contributed by atoms with Gasteiger partial charge in [-0.05, 0) is 24.3 Å². The van der Waals surface area contributed by atoms with E-state index in [0.717, 1.165) is 0 Å². The van der Waals surface area contributed by atoms with Crippen molar-refractivity contribution in [3.63, 3.8) is 0 Å². The average molecular weight is 328 g/mol. The fourth-order valence-electron chi connectivity index (χ4n) is 1.93. The predicted octanol–water partition coefficient (Wildman–Crippen LogP) is 3.21. The molecule has 0 aliphatic carbocycles. The molecule has 0 fully saturated rings. The largest absolute Gasteiger partial charge is 0.494 e. The molecule has 122 valence electrons. The first-order valence-electron chi connectivity index (χ1n) is 6.96. The van der Waals surface area contributed by atoms with Crippen molar-refractivity contribution in [3.8, 4) is 5.75 Å². The van der Waals surface area contributed by atoms with Gasteiger partial charge in [0.25, 0.3) is 0 Å². The van der Waals surface area contributed by atoms with Crippen LogP contribution >= 0.6 is 0 Å². The van der Waals surface area contributed by atoms with Crippen molar-refractivity contribution in [2.75, 3.05) is 17.7 Å². The van der Waals surface area contributed by atoms with E-state index in [9.17, 15) is 9.18 Å². The maximum absolute atomic E-state index is 13.4. The van der Waals surface area contributed by atoms with Gasteiger partial charge in [-0.3, -0.25) is 4.79 Å². The molecule has 7 nitrogen and oxygen atoms in total. The summed E-state index contributed by atoms with van der Waals surface area (Å²) >= 11 is 0. The molecular formula is C16H13FN4O3. The molecule has 3 rings (SSSR count). The minimum Gasteiger partial charge on any atom is -0.494 e. The number of nitrogens with zero attached hydrogens (tertiary/aromatic N) is 2. The molecule has 0 saturated carbocycles. The maximum atomic E-state index is 13.4. The van der Waals surface area contributed by atoms with E-state index in [1.54, 1.807) is 24.3 Å². The van der Waals surface area contributed by atoms with Gasteiger partial charge >= 0.3 is 17.8 Å². The summed E-state index contributed by atoms with van der Waals surface area (Å²) in [5.41, 5.74) is 1.09. The molecule has 1 amide bonds. The van der Waals surface area contributed by atoms with Crippen molar-refractivity contribution in [1.82, 2.24) is 10.2 Å². The minimum absolute atomic E-state index is 0.00173. The predicted molar refractivity (Wildman–Crippen MR) is 84.9 cm³/mol. The lowest BCUT2D eigenvalue weighted by Gasteiger charge is -2.05. The molecule has 2 aromatic carbocycles. The summed E-state index contributed by atoms with van der Waals surface area (Å²) in [5, 5.41) is 12.8. The van der Waals surface area contributed by atoms with Crippen molar-refractivity contribution in [3.05, 3.63) is 60.2 Å². The molecule has 24 heavy (non-hydrogen) atoms. The van der Waals surface area contributed by atoms with Gasteiger partial charge in [0, 0.05) is 17.4 Å². The number of hydrogen-bond acceptors (Lipinski definition) is 6.